The lowest BCUT2D eigenvalue weighted by molar-refractivity contribution is -0.127. The van der Waals surface area contributed by atoms with Gasteiger partial charge in [-0.3, -0.25) is 4.79 Å². The number of nitriles is 1. The van der Waals surface area contributed by atoms with E-state index in [1.165, 1.54) is 0 Å². The van der Waals surface area contributed by atoms with Gasteiger partial charge in [-0.05, 0) is 43.7 Å². The Hall–Kier alpha value is -3.47. The van der Waals surface area contributed by atoms with Crippen LogP contribution in [0.1, 0.15) is 25.7 Å². The molecule has 4 rings (SSSR count). The van der Waals surface area contributed by atoms with E-state index in [9.17, 15) is 14.4 Å². The van der Waals surface area contributed by atoms with Crippen molar-refractivity contribution in [3.63, 3.8) is 0 Å². The Morgan fingerprint density at radius 3 is 2.83 bits per heavy atom. The molecule has 2 aliphatic rings. The molecule has 1 amide bonds. The van der Waals surface area contributed by atoms with E-state index in [1.807, 2.05) is 36.4 Å². The monoisotopic (exact) mass is 406 g/mol. The molecule has 154 valence electrons. The van der Waals surface area contributed by atoms with E-state index in [1.54, 1.807) is 11.0 Å². The van der Waals surface area contributed by atoms with Gasteiger partial charge in [-0.25, -0.2) is 9.37 Å². The number of aromatic nitrogens is 2. The van der Waals surface area contributed by atoms with Crippen LogP contribution < -0.4 is 10.6 Å². The molecule has 1 saturated carbocycles. The van der Waals surface area contributed by atoms with Gasteiger partial charge in [0.25, 0.3) is 5.91 Å². The average molecular weight is 406 g/mol. The van der Waals surface area contributed by atoms with Crippen molar-refractivity contribution >= 4 is 23.4 Å². The Balaban J connectivity index is 1.41. The minimum atomic E-state index is -0.559. The molecule has 0 bridgehead atoms. The molecule has 1 aromatic heterocycles. The fraction of sp³-hybridized carbons (Fsp3) is 0.364. The molecule has 1 aliphatic heterocycles. The third kappa shape index (κ3) is 4.74. The summed E-state index contributed by atoms with van der Waals surface area (Å²) in [6, 6.07) is 11.3. The summed E-state index contributed by atoms with van der Waals surface area (Å²) < 4.78 is 14.2. The zero-order valence-electron chi connectivity index (χ0n) is 16.5. The molecule has 0 radical (unpaired) electrons. The highest BCUT2D eigenvalue weighted by Gasteiger charge is 2.32. The fourth-order valence-electron chi connectivity index (χ4n) is 3.54. The van der Waals surface area contributed by atoms with Crippen LogP contribution in [0.4, 0.5) is 21.8 Å². The molecule has 7 nitrogen and oxygen atoms in total. The summed E-state index contributed by atoms with van der Waals surface area (Å²) in [4.78, 5) is 22.7. The summed E-state index contributed by atoms with van der Waals surface area (Å²) in [5.74, 6) is -0.0760. The number of nitrogens with zero attached hydrogens (tertiary/aromatic N) is 4. The highest BCUT2D eigenvalue weighted by atomic mass is 19.1. The minimum absolute atomic E-state index is 0.0803. The average Bonchev–Trinajstić information content (AvgIpc) is 3.47. The normalized spacial score (nSPS) is 18.7. The number of para-hydroxylation sites is 1. The summed E-state index contributed by atoms with van der Waals surface area (Å²) in [6.07, 6.45) is 6.63. The Kier molecular flexibility index (Phi) is 5.89. The molecule has 1 unspecified atom stereocenters. The Morgan fingerprint density at radius 1 is 1.30 bits per heavy atom. The van der Waals surface area contributed by atoms with Crippen LogP contribution in [0.15, 0.2) is 48.2 Å². The van der Waals surface area contributed by atoms with Gasteiger partial charge in [0.15, 0.2) is 11.6 Å². The topological polar surface area (TPSA) is 93.9 Å². The fourth-order valence-corrected chi connectivity index (χ4v) is 3.54. The van der Waals surface area contributed by atoms with Crippen LogP contribution in [0, 0.1) is 23.1 Å². The molecule has 1 aliphatic carbocycles. The van der Waals surface area contributed by atoms with Crippen LogP contribution in [0.3, 0.4) is 0 Å². The van der Waals surface area contributed by atoms with E-state index >= 15 is 0 Å². The smallest absolute Gasteiger partial charge is 0.264 e. The van der Waals surface area contributed by atoms with E-state index in [2.05, 4.69) is 20.6 Å². The third-order valence-electron chi connectivity index (χ3n) is 5.29. The number of nitrogens with one attached hydrogen (secondary N) is 2. The zero-order valence-corrected chi connectivity index (χ0v) is 16.5. The third-order valence-corrected chi connectivity index (χ3v) is 5.29. The van der Waals surface area contributed by atoms with E-state index < -0.39 is 5.82 Å². The quantitative estimate of drug-likeness (QED) is 0.539. The van der Waals surface area contributed by atoms with Crippen molar-refractivity contribution in [1.82, 2.24) is 14.9 Å². The number of hydrogen-bond acceptors (Lipinski definition) is 6. The number of benzene rings is 1. The maximum Gasteiger partial charge on any atom is 0.264 e. The van der Waals surface area contributed by atoms with Gasteiger partial charge in [-0.2, -0.15) is 10.2 Å². The van der Waals surface area contributed by atoms with Crippen LogP contribution in [0.25, 0.3) is 0 Å². The van der Waals surface area contributed by atoms with Gasteiger partial charge >= 0.3 is 0 Å². The van der Waals surface area contributed by atoms with Crippen LogP contribution in [-0.2, 0) is 4.79 Å². The SMILES string of the molecule is N#C/C(=C/C1CC1)C(=O)N1CCCC1CNc1nc(Nc2ccccc2)ncc1F. The molecule has 2 fully saturated rings. The highest BCUT2D eigenvalue weighted by molar-refractivity contribution is 5.97. The van der Waals surface area contributed by atoms with Crippen molar-refractivity contribution in [2.75, 3.05) is 23.7 Å². The maximum atomic E-state index is 14.2. The first-order valence-corrected chi connectivity index (χ1v) is 10.2. The minimum Gasteiger partial charge on any atom is -0.365 e. The number of carbonyl (C=O) groups excluding carboxylic acids is 1. The second-order valence-electron chi connectivity index (χ2n) is 7.59. The lowest BCUT2D eigenvalue weighted by Crippen LogP contribution is -2.40. The predicted octanol–water partition coefficient (Wildman–Crippen LogP) is 3.62. The Labute approximate surface area is 174 Å². The van der Waals surface area contributed by atoms with Crippen molar-refractivity contribution in [2.45, 2.75) is 31.7 Å². The van der Waals surface area contributed by atoms with Crippen LogP contribution in [0.2, 0.25) is 0 Å². The lowest BCUT2D eigenvalue weighted by Gasteiger charge is -2.25. The molecular weight excluding hydrogens is 383 g/mol. The number of hydrogen-bond donors (Lipinski definition) is 2. The van der Waals surface area contributed by atoms with E-state index in [4.69, 9.17) is 0 Å². The molecule has 2 aromatic rings. The van der Waals surface area contributed by atoms with Gasteiger partial charge in [0.05, 0.1) is 6.20 Å². The van der Waals surface area contributed by atoms with Crippen molar-refractivity contribution < 1.29 is 9.18 Å². The predicted molar refractivity (Wildman–Crippen MR) is 111 cm³/mol. The molecule has 0 spiro atoms. The summed E-state index contributed by atoms with van der Waals surface area (Å²) in [7, 11) is 0. The van der Waals surface area contributed by atoms with E-state index in [-0.39, 0.29) is 29.3 Å². The number of rotatable bonds is 7. The molecule has 1 saturated heterocycles. The standard InChI is InChI=1S/C22H23FN6O/c23-19-14-26-22(27-17-5-2-1-3-6-17)28-20(19)25-13-18-7-4-10-29(18)21(30)16(12-24)11-15-8-9-15/h1-3,5-6,11,14-15,18H,4,7-10,13H2,(H2,25,26,27,28)/b16-11-. The molecular formula is C22H23FN6O. The molecule has 8 heteroatoms. The number of allylic oxidation sites excluding steroid dienone is 1. The summed E-state index contributed by atoms with van der Waals surface area (Å²) >= 11 is 0. The lowest BCUT2D eigenvalue weighted by atomic mass is 10.1. The summed E-state index contributed by atoms with van der Waals surface area (Å²) in [5.41, 5.74) is 1.01. The molecule has 1 aromatic carbocycles. The number of carbonyl (C=O) groups is 1. The first kappa shape index (κ1) is 19.8. The molecule has 30 heavy (non-hydrogen) atoms. The number of halogens is 1. The van der Waals surface area contributed by atoms with Crippen molar-refractivity contribution in [2.24, 2.45) is 5.92 Å². The number of anilines is 3. The van der Waals surface area contributed by atoms with Crippen LogP contribution >= 0.6 is 0 Å². The van der Waals surface area contributed by atoms with E-state index in [0.717, 1.165) is 37.6 Å². The highest BCUT2D eigenvalue weighted by Crippen LogP contribution is 2.32. The van der Waals surface area contributed by atoms with Crippen molar-refractivity contribution in [3.05, 3.63) is 54.0 Å². The summed E-state index contributed by atoms with van der Waals surface area (Å²) in [6.45, 7) is 0.953. The summed E-state index contributed by atoms with van der Waals surface area (Å²) in [5, 5.41) is 15.4. The Morgan fingerprint density at radius 2 is 2.10 bits per heavy atom. The van der Waals surface area contributed by atoms with Crippen LogP contribution in [0.5, 0.6) is 0 Å². The second kappa shape index (κ2) is 8.91. The zero-order chi connectivity index (χ0) is 20.9. The van der Waals surface area contributed by atoms with Gasteiger partial charge in [-0.15, -0.1) is 0 Å². The number of amides is 1. The number of likely N-dealkylation sites (tertiary alicyclic amines) is 1. The maximum absolute atomic E-state index is 14.2. The molecule has 2 N–H and O–H groups in total. The van der Waals surface area contributed by atoms with Gasteiger partial charge in [0, 0.05) is 24.8 Å². The van der Waals surface area contributed by atoms with Gasteiger partial charge in [0.1, 0.15) is 11.6 Å². The van der Waals surface area contributed by atoms with Gasteiger partial charge < -0.3 is 15.5 Å². The largest absolute Gasteiger partial charge is 0.365 e. The second-order valence-corrected chi connectivity index (χ2v) is 7.59. The van der Waals surface area contributed by atoms with Gasteiger partial charge in [-0.1, -0.05) is 24.3 Å². The molecule has 2 heterocycles. The first-order valence-electron chi connectivity index (χ1n) is 10.2. The molecule has 1 atom stereocenters. The van der Waals surface area contributed by atoms with Gasteiger partial charge in [0.2, 0.25) is 5.95 Å². The first-order chi connectivity index (χ1) is 14.6. The van der Waals surface area contributed by atoms with Crippen molar-refractivity contribution in [1.29, 1.82) is 5.26 Å². The van der Waals surface area contributed by atoms with Crippen LogP contribution in [-0.4, -0.2) is 39.9 Å². The van der Waals surface area contributed by atoms with E-state index in [0.29, 0.717) is 19.0 Å². The van der Waals surface area contributed by atoms with Crippen molar-refractivity contribution in [3.8, 4) is 6.07 Å². The Bertz CT molecular complexity index is 983.